The second-order valence-electron chi connectivity index (χ2n) is 4.53. The minimum Gasteiger partial charge on any atom is -0.380 e. The first-order valence-electron chi connectivity index (χ1n) is 6.46. The highest BCUT2D eigenvalue weighted by molar-refractivity contribution is 5.81. The maximum Gasteiger partial charge on any atom is 0.250 e. The van der Waals surface area contributed by atoms with E-state index in [-0.39, 0.29) is 12.0 Å². The van der Waals surface area contributed by atoms with E-state index in [4.69, 9.17) is 9.47 Å². The van der Waals surface area contributed by atoms with Crippen LogP contribution >= 0.6 is 0 Å². The molecule has 0 spiro atoms. The first-order valence-corrected chi connectivity index (χ1v) is 6.46. The third-order valence-electron chi connectivity index (χ3n) is 2.99. The minimum atomic E-state index is -0.379. The average molecular weight is 264 g/mol. The molecule has 0 aromatic heterocycles. The molecule has 1 atom stereocenters. The molecule has 1 saturated heterocycles. The molecule has 2 rings (SSSR count). The van der Waals surface area contributed by atoms with E-state index in [2.05, 4.69) is 10.6 Å². The van der Waals surface area contributed by atoms with Crippen molar-refractivity contribution in [2.75, 3.05) is 26.8 Å². The summed E-state index contributed by atoms with van der Waals surface area (Å²) >= 11 is 0. The van der Waals surface area contributed by atoms with Crippen LogP contribution in [-0.2, 0) is 27.4 Å². The summed E-state index contributed by atoms with van der Waals surface area (Å²) in [5.74, 6) is -0.0654. The lowest BCUT2D eigenvalue weighted by Gasteiger charge is -2.22. The molecule has 1 unspecified atom stereocenters. The summed E-state index contributed by atoms with van der Waals surface area (Å²) in [5.41, 5.74) is 2.16. The number of carbonyl (C=O) groups is 1. The van der Waals surface area contributed by atoms with Crippen LogP contribution in [0.2, 0.25) is 0 Å². The highest BCUT2D eigenvalue weighted by atomic mass is 16.5. The molecule has 5 nitrogen and oxygen atoms in total. The first kappa shape index (κ1) is 14.0. The topological polar surface area (TPSA) is 59.6 Å². The van der Waals surface area contributed by atoms with Crippen LogP contribution in [0.3, 0.4) is 0 Å². The molecule has 1 aliphatic rings. The van der Waals surface area contributed by atoms with E-state index in [0.29, 0.717) is 26.3 Å². The molecule has 0 bridgehead atoms. The number of carbonyl (C=O) groups excluding carboxylic acids is 1. The molecule has 1 fully saturated rings. The number of benzene rings is 1. The maximum absolute atomic E-state index is 11.9. The highest BCUT2D eigenvalue weighted by Gasteiger charge is 2.21. The molecule has 0 saturated carbocycles. The Hall–Kier alpha value is -1.43. The number of hydrogen-bond acceptors (Lipinski definition) is 4. The summed E-state index contributed by atoms with van der Waals surface area (Å²) in [6.07, 6.45) is -0.379. The van der Waals surface area contributed by atoms with Crippen LogP contribution < -0.4 is 10.6 Å². The molecule has 0 radical (unpaired) electrons. The van der Waals surface area contributed by atoms with Crippen LogP contribution in [0.15, 0.2) is 24.3 Å². The molecule has 2 N–H and O–H groups in total. The third-order valence-corrected chi connectivity index (χ3v) is 2.99. The van der Waals surface area contributed by atoms with Gasteiger partial charge < -0.3 is 20.1 Å². The fraction of sp³-hybridized carbons (Fsp3) is 0.500. The van der Waals surface area contributed by atoms with Gasteiger partial charge in [0.05, 0.1) is 13.2 Å². The Morgan fingerprint density at radius 2 is 2.37 bits per heavy atom. The number of nitrogens with one attached hydrogen (secondary N) is 2. The predicted molar refractivity (Wildman–Crippen MR) is 71.6 cm³/mol. The zero-order chi connectivity index (χ0) is 13.5. The lowest BCUT2D eigenvalue weighted by molar-refractivity contribution is -0.134. The molecule has 1 aromatic rings. The lowest BCUT2D eigenvalue weighted by Crippen LogP contribution is -2.47. The van der Waals surface area contributed by atoms with Crippen LogP contribution in [0, 0.1) is 0 Å². The molecule has 19 heavy (non-hydrogen) atoms. The van der Waals surface area contributed by atoms with Gasteiger partial charge in [0.1, 0.15) is 6.10 Å². The number of methoxy groups -OCH3 is 1. The van der Waals surface area contributed by atoms with Crippen molar-refractivity contribution >= 4 is 5.91 Å². The lowest BCUT2D eigenvalue weighted by atomic mass is 10.1. The third kappa shape index (κ3) is 4.31. The SMILES string of the molecule is COCc1cccc(CNC(=O)C2CNCCO2)c1. The van der Waals surface area contributed by atoms with Crippen LogP contribution in [0.4, 0.5) is 0 Å². The summed E-state index contributed by atoms with van der Waals surface area (Å²) in [6.45, 7) is 3.06. The zero-order valence-electron chi connectivity index (χ0n) is 11.1. The molecule has 1 heterocycles. The van der Waals surface area contributed by atoms with Gasteiger partial charge in [-0.3, -0.25) is 4.79 Å². The fourth-order valence-electron chi connectivity index (χ4n) is 2.03. The van der Waals surface area contributed by atoms with Gasteiger partial charge in [0.15, 0.2) is 0 Å². The van der Waals surface area contributed by atoms with Crippen molar-refractivity contribution in [2.45, 2.75) is 19.3 Å². The van der Waals surface area contributed by atoms with Gasteiger partial charge in [-0.25, -0.2) is 0 Å². The highest BCUT2D eigenvalue weighted by Crippen LogP contribution is 2.06. The van der Waals surface area contributed by atoms with E-state index >= 15 is 0 Å². The van der Waals surface area contributed by atoms with E-state index < -0.39 is 0 Å². The van der Waals surface area contributed by atoms with Crippen LogP contribution in [-0.4, -0.2) is 38.8 Å². The summed E-state index contributed by atoms with van der Waals surface area (Å²) < 4.78 is 10.5. The number of morpholine rings is 1. The molecule has 0 aliphatic carbocycles. The summed E-state index contributed by atoms with van der Waals surface area (Å²) in [6, 6.07) is 7.99. The van der Waals surface area contributed by atoms with Gasteiger partial charge in [0.25, 0.3) is 5.91 Å². The molecule has 104 valence electrons. The van der Waals surface area contributed by atoms with Gasteiger partial charge >= 0.3 is 0 Å². The summed E-state index contributed by atoms with van der Waals surface area (Å²) in [7, 11) is 1.67. The minimum absolute atomic E-state index is 0.0654. The number of rotatable bonds is 5. The van der Waals surface area contributed by atoms with E-state index in [0.717, 1.165) is 17.7 Å². The van der Waals surface area contributed by atoms with E-state index in [1.807, 2.05) is 24.3 Å². The second-order valence-corrected chi connectivity index (χ2v) is 4.53. The molecule has 1 aromatic carbocycles. The first-order chi connectivity index (χ1) is 9.29. The number of ether oxygens (including phenoxy) is 2. The van der Waals surface area contributed by atoms with Crippen molar-refractivity contribution in [1.29, 1.82) is 0 Å². The normalized spacial score (nSPS) is 19.1. The quantitative estimate of drug-likeness (QED) is 0.810. The van der Waals surface area contributed by atoms with Gasteiger partial charge in [-0.15, -0.1) is 0 Å². The van der Waals surface area contributed by atoms with Crippen LogP contribution in [0.25, 0.3) is 0 Å². The number of hydrogen-bond donors (Lipinski definition) is 2. The smallest absolute Gasteiger partial charge is 0.250 e. The Labute approximate surface area is 113 Å². The van der Waals surface area contributed by atoms with Crippen molar-refractivity contribution in [3.63, 3.8) is 0 Å². The van der Waals surface area contributed by atoms with Gasteiger partial charge in [-0.1, -0.05) is 24.3 Å². The van der Waals surface area contributed by atoms with E-state index in [1.165, 1.54) is 0 Å². The second kappa shape index (κ2) is 7.23. The van der Waals surface area contributed by atoms with Crippen molar-refractivity contribution in [3.8, 4) is 0 Å². The summed E-state index contributed by atoms with van der Waals surface area (Å²) in [5, 5.41) is 6.03. The van der Waals surface area contributed by atoms with Crippen molar-refractivity contribution in [1.82, 2.24) is 10.6 Å². The Morgan fingerprint density at radius 3 is 3.11 bits per heavy atom. The van der Waals surface area contributed by atoms with Crippen LogP contribution in [0.1, 0.15) is 11.1 Å². The van der Waals surface area contributed by atoms with Gasteiger partial charge in [-0.05, 0) is 11.1 Å². The largest absolute Gasteiger partial charge is 0.380 e. The molecular formula is C14H20N2O3. The molecular weight excluding hydrogens is 244 g/mol. The Bertz CT molecular complexity index is 417. The Morgan fingerprint density at radius 1 is 1.53 bits per heavy atom. The summed E-state index contributed by atoms with van der Waals surface area (Å²) in [4.78, 5) is 11.9. The van der Waals surface area contributed by atoms with Crippen LogP contribution in [0.5, 0.6) is 0 Å². The molecule has 1 amide bonds. The monoisotopic (exact) mass is 264 g/mol. The fourth-order valence-corrected chi connectivity index (χ4v) is 2.03. The van der Waals surface area contributed by atoms with Gasteiger partial charge in [0.2, 0.25) is 0 Å². The number of amides is 1. The van der Waals surface area contributed by atoms with Crippen molar-refractivity contribution in [2.24, 2.45) is 0 Å². The zero-order valence-corrected chi connectivity index (χ0v) is 11.1. The van der Waals surface area contributed by atoms with Crippen molar-refractivity contribution < 1.29 is 14.3 Å². The van der Waals surface area contributed by atoms with E-state index in [1.54, 1.807) is 7.11 Å². The standard InChI is InChI=1S/C14H20N2O3/c1-18-10-12-4-2-3-11(7-12)8-16-14(17)13-9-15-5-6-19-13/h2-4,7,13,15H,5-6,8-10H2,1H3,(H,16,17). The Kier molecular flexibility index (Phi) is 5.32. The Balaban J connectivity index is 1.83. The predicted octanol–water partition coefficient (Wildman–Crippen LogP) is 0.438. The van der Waals surface area contributed by atoms with Gasteiger partial charge in [-0.2, -0.15) is 0 Å². The average Bonchev–Trinajstić information content (AvgIpc) is 2.46. The van der Waals surface area contributed by atoms with Crippen molar-refractivity contribution in [3.05, 3.63) is 35.4 Å². The molecule has 1 aliphatic heterocycles. The van der Waals surface area contributed by atoms with E-state index in [9.17, 15) is 4.79 Å². The van der Waals surface area contributed by atoms with Gasteiger partial charge in [0, 0.05) is 26.7 Å². The molecule has 5 heteroatoms. The maximum atomic E-state index is 11.9.